The molecule has 3 heterocycles. The van der Waals surface area contributed by atoms with E-state index in [1.165, 1.54) is 7.11 Å². The summed E-state index contributed by atoms with van der Waals surface area (Å²) in [6, 6.07) is 10.6. The zero-order chi connectivity index (χ0) is 22.9. The monoisotopic (exact) mass is 454 g/mol. The molecule has 0 unspecified atom stereocenters. The van der Waals surface area contributed by atoms with Crippen molar-refractivity contribution in [3.05, 3.63) is 59.9 Å². The molecule has 9 nitrogen and oxygen atoms in total. The van der Waals surface area contributed by atoms with Crippen LogP contribution in [-0.4, -0.2) is 49.7 Å². The Morgan fingerprint density at radius 3 is 2.50 bits per heavy atom. The van der Waals surface area contributed by atoms with Gasteiger partial charge in [-0.3, -0.25) is 14.9 Å². The average Bonchev–Trinajstić information content (AvgIpc) is 3.26. The number of methoxy groups -OCH3 is 1. The van der Waals surface area contributed by atoms with E-state index in [-0.39, 0.29) is 17.7 Å². The predicted molar refractivity (Wildman–Crippen MR) is 120 cm³/mol. The minimum absolute atomic E-state index is 0.245. The van der Waals surface area contributed by atoms with E-state index in [2.05, 4.69) is 15.0 Å². The molecule has 0 spiro atoms. The van der Waals surface area contributed by atoms with Crippen LogP contribution in [0.4, 0.5) is 0 Å². The summed E-state index contributed by atoms with van der Waals surface area (Å²) in [5, 5.41) is 3.11. The molecule has 0 saturated heterocycles. The summed E-state index contributed by atoms with van der Waals surface area (Å²) in [4.78, 5) is 30.0. The number of carbonyl (C=O) groups is 2. The van der Waals surface area contributed by atoms with Gasteiger partial charge in [0.1, 0.15) is 11.4 Å². The molecule has 1 aliphatic rings. The van der Waals surface area contributed by atoms with Crippen molar-refractivity contribution >= 4 is 44.0 Å². The lowest BCUT2D eigenvalue weighted by Crippen LogP contribution is -2.23. The number of carbonyl (C=O) groups excluding carboxylic acids is 2. The third-order valence-electron chi connectivity index (χ3n) is 5.15. The fourth-order valence-electron chi connectivity index (χ4n) is 3.82. The van der Waals surface area contributed by atoms with Gasteiger partial charge in [-0.2, -0.15) is 0 Å². The maximum atomic E-state index is 12.9. The van der Waals surface area contributed by atoms with Crippen molar-refractivity contribution in [2.24, 2.45) is 0 Å². The summed E-state index contributed by atoms with van der Waals surface area (Å²) >= 11 is 0. The molecular formula is C22H22N4O5S. The number of pyridine rings is 1. The standard InChI is InChI=1S/C22H22N4O5S/c1-31-17-9-4-3-7-15(17)18-19(22(28)25-21(18)27)16-13-26(12-6-11-24-32(2,29)30)20-14(16)8-5-10-23-20/h3-5,7-10,13,24H,6,11-12H2,1-2H3,(H,25,27,28). The zero-order valence-corrected chi connectivity index (χ0v) is 18.4. The topological polar surface area (TPSA) is 119 Å². The molecule has 0 saturated carbocycles. The number of aryl methyl sites for hydroxylation is 1. The highest BCUT2D eigenvalue weighted by Gasteiger charge is 2.35. The van der Waals surface area contributed by atoms with Crippen LogP contribution in [0.5, 0.6) is 5.75 Å². The van der Waals surface area contributed by atoms with Gasteiger partial charge in [0.05, 0.1) is 24.5 Å². The third kappa shape index (κ3) is 4.14. The number of hydrogen-bond donors (Lipinski definition) is 2. The first kappa shape index (κ1) is 21.7. The first-order chi connectivity index (χ1) is 15.3. The van der Waals surface area contributed by atoms with Gasteiger partial charge in [0.15, 0.2) is 0 Å². The number of aromatic nitrogens is 2. The van der Waals surface area contributed by atoms with Crippen LogP contribution < -0.4 is 14.8 Å². The Labute approximate surface area is 185 Å². The first-order valence-corrected chi connectivity index (χ1v) is 11.8. The maximum Gasteiger partial charge on any atom is 0.259 e. The smallest absolute Gasteiger partial charge is 0.259 e. The minimum Gasteiger partial charge on any atom is -0.496 e. The van der Waals surface area contributed by atoms with E-state index in [0.29, 0.717) is 35.5 Å². The van der Waals surface area contributed by atoms with Crippen LogP contribution in [0.15, 0.2) is 48.8 Å². The summed E-state index contributed by atoms with van der Waals surface area (Å²) < 4.78 is 32.3. The quantitative estimate of drug-likeness (QED) is 0.394. The fraction of sp³-hybridized carbons (Fsp3) is 0.227. The summed E-state index contributed by atoms with van der Waals surface area (Å²) in [7, 11) is -1.76. The maximum absolute atomic E-state index is 12.9. The second kappa shape index (κ2) is 8.56. The van der Waals surface area contributed by atoms with E-state index < -0.39 is 21.8 Å². The molecule has 1 aromatic carbocycles. The number of nitrogens with one attached hydrogen (secondary N) is 2. The Hall–Kier alpha value is -3.50. The Morgan fingerprint density at radius 1 is 1.06 bits per heavy atom. The van der Waals surface area contributed by atoms with Crippen LogP contribution in [0.2, 0.25) is 0 Å². The second-order valence-corrected chi connectivity index (χ2v) is 9.20. The normalized spacial score (nSPS) is 14.3. The van der Waals surface area contributed by atoms with Gasteiger partial charge in [-0.1, -0.05) is 18.2 Å². The molecule has 0 radical (unpaired) electrons. The van der Waals surface area contributed by atoms with Crippen LogP contribution in [0.3, 0.4) is 0 Å². The largest absolute Gasteiger partial charge is 0.496 e. The lowest BCUT2D eigenvalue weighted by Gasteiger charge is -2.09. The molecule has 0 bridgehead atoms. The predicted octanol–water partition coefficient (Wildman–Crippen LogP) is 1.55. The molecule has 1 aliphatic heterocycles. The van der Waals surface area contributed by atoms with E-state index in [0.717, 1.165) is 11.6 Å². The number of benzene rings is 1. The summed E-state index contributed by atoms with van der Waals surface area (Å²) in [6.07, 6.45) is 5.06. The molecule has 2 amide bonds. The number of imide groups is 1. The van der Waals surface area contributed by atoms with E-state index in [9.17, 15) is 18.0 Å². The lowest BCUT2D eigenvalue weighted by molar-refractivity contribution is -0.122. The molecule has 4 rings (SSSR count). The molecule has 10 heteroatoms. The van der Waals surface area contributed by atoms with Crippen molar-refractivity contribution in [2.45, 2.75) is 13.0 Å². The van der Waals surface area contributed by atoms with Gasteiger partial charge in [0.2, 0.25) is 10.0 Å². The van der Waals surface area contributed by atoms with Crippen LogP contribution in [-0.2, 0) is 26.2 Å². The van der Waals surface area contributed by atoms with Gasteiger partial charge in [0.25, 0.3) is 11.8 Å². The van der Waals surface area contributed by atoms with Gasteiger partial charge in [-0.05, 0) is 24.6 Å². The number of rotatable bonds is 8. The fourth-order valence-corrected chi connectivity index (χ4v) is 4.33. The summed E-state index contributed by atoms with van der Waals surface area (Å²) in [5.74, 6) is -0.493. The molecule has 0 fully saturated rings. The molecule has 0 aliphatic carbocycles. The highest BCUT2D eigenvalue weighted by Crippen LogP contribution is 2.38. The van der Waals surface area contributed by atoms with Gasteiger partial charge >= 0.3 is 0 Å². The Balaban J connectivity index is 1.82. The minimum atomic E-state index is -3.27. The number of hydrogen-bond acceptors (Lipinski definition) is 6. The van der Waals surface area contributed by atoms with Gasteiger partial charge in [0, 0.05) is 42.0 Å². The highest BCUT2D eigenvalue weighted by molar-refractivity contribution is 7.88. The molecule has 0 atom stereocenters. The number of amides is 2. The van der Waals surface area contributed by atoms with Crippen LogP contribution in [0, 0.1) is 0 Å². The van der Waals surface area contributed by atoms with E-state index in [4.69, 9.17) is 4.74 Å². The van der Waals surface area contributed by atoms with Crippen molar-refractivity contribution in [3.63, 3.8) is 0 Å². The van der Waals surface area contributed by atoms with E-state index in [1.54, 1.807) is 42.7 Å². The molecule has 2 N–H and O–H groups in total. The highest BCUT2D eigenvalue weighted by atomic mass is 32.2. The van der Waals surface area contributed by atoms with Crippen molar-refractivity contribution in [1.82, 2.24) is 19.6 Å². The molecule has 3 aromatic rings. The number of ether oxygens (including phenoxy) is 1. The van der Waals surface area contributed by atoms with Crippen LogP contribution in [0.25, 0.3) is 22.2 Å². The molecule has 166 valence electrons. The Morgan fingerprint density at radius 2 is 1.78 bits per heavy atom. The van der Waals surface area contributed by atoms with Gasteiger partial charge in [-0.15, -0.1) is 0 Å². The van der Waals surface area contributed by atoms with E-state index >= 15 is 0 Å². The summed E-state index contributed by atoms with van der Waals surface area (Å²) in [5.41, 5.74) is 2.24. The summed E-state index contributed by atoms with van der Waals surface area (Å²) in [6.45, 7) is 0.748. The zero-order valence-electron chi connectivity index (χ0n) is 17.6. The SMILES string of the molecule is COc1ccccc1C1=C(c2cn(CCCNS(C)(=O)=O)c3ncccc23)C(=O)NC1=O. The van der Waals surface area contributed by atoms with Crippen LogP contribution in [0.1, 0.15) is 17.5 Å². The lowest BCUT2D eigenvalue weighted by atomic mass is 9.96. The molecule has 32 heavy (non-hydrogen) atoms. The second-order valence-electron chi connectivity index (χ2n) is 7.36. The van der Waals surface area contributed by atoms with Gasteiger partial charge in [-0.25, -0.2) is 18.1 Å². The Bertz CT molecular complexity index is 1360. The van der Waals surface area contributed by atoms with Crippen molar-refractivity contribution < 1.29 is 22.7 Å². The number of sulfonamides is 1. The number of nitrogens with zero attached hydrogens (tertiary/aromatic N) is 2. The third-order valence-corrected chi connectivity index (χ3v) is 5.88. The number of para-hydroxylation sites is 1. The van der Waals surface area contributed by atoms with Crippen molar-refractivity contribution in [3.8, 4) is 5.75 Å². The Kier molecular flexibility index (Phi) is 5.81. The molecular weight excluding hydrogens is 432 g/mol. The molecule has 2 aromatic heterocycles. The van der Waals surface area contributed by atoms with Crippen LogP contribution >= 0.6 is 0 Å². The van der Waals surface area contributed by atoms with E-state index in [1.807, 2.05) is 10.6 Å². The number of fused-ring (bicyclic) bond motifs is 1. The van der Waals surface area contributed by atoms with Crippen molar-refractivity contribution in [1.29, 1.82) is 0 Å². The average molecular weight is 455 g/mol. The van der Waals surface area contributed by atoms with Gasteiger partial charge < -0.3 is 9.30 Å². The van der Waals surface area contributed by atoms with Crippen molar-refractivity contribution in [2.75, 3.05) is 19.9 Å². The first-order valence-electron chi connectivity index (χ1n) is 9.92.